The summed E-state index contributed by atoms with van der Waals surface area (Å²) in [6, 6.07) is 10.1. The van der Waals surface area contributed by atoms with Crippen LogP contribution in [-0.4, -0.2) is 11.0 Å². The van der Waals surface area contributed by atoms with Crippen LogP contribution < -0.4 is 10.6 Å². The second-order valence-corrected chi connectivity index (χ2v) is 6.70. The lowest BCUT2D eigenvalue weighted by molar-refractivity contribution is 0.262. The predicted molar refractivity (Wildman–Crippen MR) is 91.8 cm³/mol. The van der Waals surface area contributed by atoms with Gasteiger partial charge in [-0.25, -0.2) is 9.78 Å². The van der Waals surface area contributed by atoms with E-state index in [1.165, 1.54) is 5.56 Å². The quantitative estimate of drug-likeness (QED) is 0.696. The van der Waals surface area contributed by atoms with Crippen molar-refractivity contribution in [1.82, 2.24) is 4.98 Å². The van der Waals surface area contributed by atoms with Gasteiger partial charge in [0.1, 0.15) is 4.83 Å². The van der Waals surface area contributed by atoms with Crippen LogP contribution in [0.25, 0.3) is 20.7 Å². The summed E-state index contributed by atoms with van der Waals surface area (Å²) >= 11 is 1.61. The van der Waals surface area contributed by atoms with E-state index in [2.05, 4.69) is 53.7 Å². The minimum absolute atomic E-state index is 0.195. The molecule has 1 aliphatic rings. The minimum Gasteiger partial charge on any atom is -0.307 e. The van der Waals surface area contributed by atoms with E-state index in [-0.39, 0.29) is 6.03 Å². The maximum atomic E-state index is 11.9. The van der Waals surface area contributed by atoms with Gasteiger partial charge in [-0.15, -0.1) is 11.3 Å². The number of carbonyl (C=O) groups excluding carboxylic acids is 1. The molecule has 22 heavy (non-hydrogen) atoms. The Morgan fingerprint density at radius 3 is 2.86 bits per heavy atom. The van der Waals surface area contributed by atoms with Crippen LogP contribution in [0, 0.1) is 0 Å². The number of thiophene rings is 1. The highest BCUT2D eigenvalue weighted by Crippen LogP contribution is 2.46. The molecule has 2 amide bonds. The summed E-state index contributed by atoms with van der Waals surface area (Å²) in [4.78, 5) is 18.3. The van der Waals surface area contributed by atoms with Crippen LogP contribution in [-0.2, 0) is 0 Å². The summed E-state index contributed by atoms with van der Waals surface area (Å²) in [7, 11) is 0. The van der Waals surface area contributed by atoms with Gasteiger partial charge in [0.25, 0.3) is 0 Å². The van der Waals surface area contributed by atoms with Gasteiger partial charge in [-0.1, -0.05) is 38.1 Å². The minimum atomic E-state index is -0.195. The smallest absolute Gasteiger partial charge is 0.307 e. The van der Waals surface area contributed by atoms with Crippen molar-refractivity contribution in [3.8, 4) is 10.4 Å². The molecule has 2 N–H and O–H groups in total. The normalized spacial score (nSPS) is 13.3. The van der Waals surface area contributed by atoms with Gasteiger partial charge in [0.2, 0.25) is 0 Å². The molecule has 0 spiro atoms. The Kier molecular flexibility index (Phi) is 2.90. The largest absolute Gasteiger partial charge is 0.323 e. The molecular formula is C17H15N3OS. The molecule has 0 saturated carbocycles. The number of pyridine rings is 1. The zero-order valence-electron chi connectivity index (χ0n) is 12.3. The Morgan fingerprint density at radius 2 is 2.05 bits per heavy atom. The summed E-state index contributed by atoms with van der Waals surface area (Å²) in [6.45, 7) is 4.36. The van der Waals surface area contributed by atoms with Crippen LogP contribution in [0.15, 0.2) is 36.5 Å². The number of aromatic nitrogens is 1. The fourth-order valence-electron chi connectivity index (χ4n) is 2.76. The molecule has 0 atom stereocenters. The van der Waals surface area contributed by atoms with E-state index in [9.17, 15) is 4.79 Å². The van der Waals surface area contributed by atoms with Crippen molar-refractivity contribution in [2.75, 3.05) is 10.6 Å². The summed E-state index contributed by atoms with van der Waals surface area (Å²) < 4.78 is 0. The van der Waals surface area contributed by atoms with E-state index in [4.69, 9.17) is 0 Å². The molecule has 0 unspecified atom stereocenters. The Labute approximate surface area is 132 Å². The van der Waals surface area contributed by atoms with Crippen molar-refractivity contribution >= 4 is 39.0 Å². The fourth-order valence-corrected chi connectivity index (χ4v) is 3.88. The zero-order chi connectivity index (χ0) is 15.3. The molecule has 110 valence electrons. The first kappa shape index (κ1) is 13.3. The van der Waals surface area contributed by atoms with E-state index in [1.807, 2.05) is 6.07 Å². The second kappa shape index (κ2) is 4.81. The van der Waals surface area contributed by atoms with Crippen molar-refractivity contribution in [2.45, 2.75) is 19.8 Å². The van der Waals surface area contributed by atoms with Gasteiger partial charge in [0.15, 0.2) is 0 Å². The number of amides is 2. The number of urea groups is 1. The summed E-state index contributed by atoms with van der Waals surface area (Å²) in [5.74, 6) is 0.468. The van der Waals surface area contributed by atoms with Gasteiger partial charge in [-0.05, 0) is 23.1 Å². The Bertz CT molecular complexity index is 898. The highest BCUT2D eigenvalue weighted by molar-refractivity contribution is 7.22. The van der Waals surface area contributed by atoms with Gasteiger partial charge in [0.05, 0.1) is 21.6 Å². The zero-order valence-corrected chi connectivity index (χ0v) is 13.1. The third-order valence-corrected chi connectivity index (χ3v) is 5.04. The molecule has 2 aromatic heterocycles. The molecule has 4 nitrogen and oxygen atoms in total. The van der Waals surface area contributed by atoms with Gasteiger partial charge < -0.3 is 10.6 Å². The lowest BCUT2D eigenvalue weighted by atomic mass is 9.99. The van der Waals surface area contributed by atoms with E-state index >= 15 is 0 Å². The van der Waals surface area contributed by atoms with Crippen LogP contribution in [0.3, 0.4) is 0 Å². The highest BCUT2D eigenvalue weighted by Gasteiger charge is 2.24. The Hall–Kier alpha value is -2.40. The molecule has 3 heterocycles. The molecule has 0 radical (unpaired) electrons. The van der Waals surface area contributed by atoms with Crippen LogP contribution in [0.1, 0.15) is 25.3 Å². The molecule has 0 saturated heterocycles. The monoisotopic (exact) mass is 309 g/mol. The van der Waals surface area contributed by atoms with Crippen LogP contribution in [0.4, 0.5) is 16.2 Å². The van der Waals surface area contributed by atoms with Crippen molar-refractivity contribution < 1.29 is 4.79 Å². The maximum absolute atomic E-state index is 11.9. The van der Waals surface area contributed by atoms with Crippen molar-refractivity contribution in [3.05, 3.63) is 42.1 Å². The van der Waals surface area contributed by atoms with Gasteiger partial charge in [-0.2, -0.15) is 0 Å². The van der Waals surface area contributed by atoms with Crippen LogP contribution in [0.5, 0.6) is 0 Å². The number of nitrogens with zero attached hydrogens (tertiary/aromatic N) is 1. The number of hydrogen-bond donors (Lipinski definition) is 2. The lowest BCUT2D eigenvalue weighted by Gasteiger charge is -2.16. The summed E-state index contributed by atoms with van der Waals surface area (Å²) in [5, 5.41) is 6.77. The molecule has 1 aromatic carbocycles. The Balaban J connectivity index is 1.97. The SMILES string of the molecule is CC(C)c1cccc(-c2sc3nccc4c3c2NC(=O)N4)c1. The number of nitrogens with one attached hydrogen (secondary N) is 2. The van der Waals surface area contributed by atoms with Gasteiger partial charge in [0, 0.05) is 6.20 Å². The first-order valence-electron chi connectivity index (χ1n) is 7.23. The molecule has 4 rings (SSSR count). The molecule has 3 aromatic rings. The topological polar surface area (TPSA) is 54.0 Å². The average Bonchev–Trinajstić information content (AvgIpc) is 2.87. The standard InChI is InChI=1S/C17H15N3OS/c1-9(2)10-4-3-5-11(8-10)15-14-13-12(19-17(21)20-14)6-7-18-16(13)22-15/h3-9H,1-2H3,(H2,19,20,21). The number of hydrogen-bond acceptors (Lipinski definition) is 3. The van der Waals surface area contributed by atoms with E-state index in [0.29, 0.717) is 5.92 Å². The van der Waals surface area contributed by atoms with Crippen LogP contribution >= 0.6 is 11.3 Å². The van der Waals surface area contributed by atoms with Gasteiger partial charge in [-0.3, -0.25) is 0 Å². The second-order valence-electron chi connectivity index (χ2n) is 5.70. The highest BCUT2D eigenvalue weighted by atomic mass is 32.1. The third-order valence-electron chi connectivity index (χ3n) is 3.89. The number of rotatable bonds is 2. The first-order valence-corrected chi connectivity index (χ1v) is 8.05. The number of benzene rings is 1. The molecule has 0 fully saturated rings. The summed E-state index contributed by atoms with van der Waals surface area (Å²) in [6.07, 6.45) is 1.73. The third kappa shape index (κ3) is 1.97. The first-order chi connectivity index (χ1) is 10.6. The van der Waals surface area contributed by atoms with E-state index < -0.39 is 0 Å². The predicted octanol–water partition coefficient (Wildman–Crippen LogP) is 5.04. The number of anilines is 2. The van der Waals surface area contributed by atoms with Crippen molar-refractivity contribution in [2.24, 2.45) is 0 Å². The van der Waals surface area contributed by atoms with Gasteiger partial charge >= 0.3 is 6.03 Å². The van der Waals surface area contributed by atoms with E-state index in [1.54, 1.807) is 17.5 Å². The maximum Gasteiger partial charge on any atom is 0.323 e. The summed E-state index contributed by atoms with van der Waals surface area (Å²) in [5.41, 5.74) is 4.10. The number of carbonyl (C=O) groups is 1. The molecule has 5 heteroatoms. The Morgan fingerprint density at radius 1 is 1.18 bits per heavy atom. The fraction of sp³-hybridized carbons (Fsp3) is 0.176. The molecule has 1 aliphatic heterocycles. The van der Waals surface area contributed by atoms with E-state index in [0.717, 1.165) is 32.0 Å². The van der Waals surface area contributed by atoms with Crippen molar-refractivity contribution in [3.63, 3.8) is 0 Å². The lowest BCUT2D eigenvalue weighted by Crippen LogP contribution is -2.23. The van der Waals surface area contributed by atoms with Crippen molar-refractivity contribution in [1.29, 1.82) is 0 Å². The molecular weight excluding hydrogens is 294 g/mol. The van der Waals surface area contributed by atoms with Crippen LogP contribution in [0.2, 0.25) is 0 Å². The average molecular weight is 309 g/mol. The molecule has 0 bridgehead atoms. The molecule has 0 aliphatic carbocycles.